The van der Waals surface area contributed by atoms with Crippen molar-refractivity contribution >= 4 is 21.9 Å². The van der Waals surface area contributed by atoms with Crippen LogP contribution in [0.3, 0.4) is 0 Å². The molecule has 0 aromatic heterocycles. The molecule has 0 unspecified atom stereocenters. The van der Waals surface area contributed by atoms with Crippen molar-refractivity contribution in [3.05, 3.63) is 23.8 Å². The summed E-state index contributed by atoms with van der Waals surface area (Å²) in [7, 11) is -2.42. The van der Waals surface area contributed by atoms with Crippen molar-refractivity contribution < 1.29 is 27.5 Å². The average molecular weight is 398 g/mol. The van der Waals surface area contributed by atoms with E-state index in [2.05, 4.69) is 5.32 Å². The van der Waals surface area contributed by atoms with Crippen LogP contribution in [0, 0.1) is 0 Å². The number of ether oxygens (including phenoxy) is 2. The van der Waals surface area contributed by atoms with Gasteiger partial charge in [-0.15, -0.1) is 0 Å². The number of nitrogens with one attached hydrogen (secondary N) is 1. The van der Waals surface area contributed by atoms with E-state index in [1.165, 1.54) is 29.6 Å². The molecule has 150 valence electrons. The van der Waals surface area contributed by atoms with Crippen molar-refractivity contribution in [1.29, 1.82) is 0 Å². The molecular formula is C18H26N2O6S. The predicted molar refractivity (Wildman–Crippen MR) is 99.2 cm³/mol. The molecule has 1 saturated heterocycles. The number of likely N-dealkylation sites (N-methyl/N-ethyl adjacent to an activating group) is 1. The zero-order valence-electron chi connectivity index (χ0n) is 15.7. The second kappa shape index (κ2) is 9.70. The standard InChI is InChI=1S/C18H26N2O6S/c1-3-19-17(21)13-26-18(22)14-8-9-15(25-2)16(12-14)27(23,24)20-10-6-4-5-7-11-20/h8-9,12H,3-7,10-11,13H2,1-2H3,(H,19,21). The Bertz CT molecular complexity index is 770. The van der Waals surface area contributed by atoms with Gasteiger partial charge in [0.15, 0.2) is 6.61 Å². The van der Waals surface area contributed by atoms with Gasteiger partial charge in [-0.3, -0.25) is 4.79 Å². The highest BCUT2D eigenvalue weighted by atomic mass is 32.2. The van der Waals surface area contributed by atoms with Crippen LogP contribution in [0.15, 0.2) is 23.1 Å². The van der Waals surface area contributed by atoms with Gasteiger partial charge >= 0.3 is 5.97 Å². The van der Waals surface area contributed by atoms with Gasteiger partial charge in [0.25, 0.3) is 5.91 Å². The molecular weight excluding hydrogens is 372 g/mol. The highest BCUT2D eigenvalue weighted by Gasteiger charge is 2.29. The highest BCUT2D eigenvalue weighted by molar-refractivity contribution is 7.89. The van der Waals surface area contributed by atoms with E-state index in [0.29, 0.717) is 19.6 Å². The van der Waals surface area contributed by atoms with Crippen LogP contribution < -0.4 is 10.1 Å². The number of nitrogens with zero attached hydrogens (tertiary/aromatic N) is 1. The number of methoxy groups -OCH3 is 1. The second-order valence-electron chi connectivity index (χ2n) is 6.21. The van der Waals surface area contributed by atoms with Gasteiger partial charge < -0.3 is 14.8 Å². The molecule has 1 amide bonds. The third kappa shape index (κ3) is 5.43. The molecule has 0 spiro atoms. The van der Waals surface area contributed by atoms with Gasteiger partial charge in [-0.25, -0.2) is 13.2 Å². The minimum Gasteiger partial charge on any atom is -0.495 e. The number of amides is 1. The van der Waals surface area contributed by atoms with Crippen LogP contribution in [0.5, 0.6) is 5.75 Å². The first kappa shape index (κ1) is 21.2. The van der Waals surface area contributed by atoms with E-state index >= 15 is 0 Å². The molecule has 27 heavy (non-hydrogen) atoms. The second-order valence-corrected chi connectivity index (χ2v) is 8.12. The number of carbonyl (C=O) groups is 2. The molecule has 1 heterocycles. The van der Waals surface area contributed by atoms with Crippen molar-refractivity contribution in [3.63, 3.8) is 0 Å². The summed E-state index contributed by atoms with van der Waals surface area (Å²) in [6.07, 6.45) is 3.59. The third-order valence-corrected chi connectivity index (χ3v) is 6.21. The summed E-state index contributed by atoms with van der Waals surface area (Å²) in [5.41, 5.74) is 0.0495. The molecule has 8 nitrogen and oxygen atoms in total. The molecule has 9 heteroatoms. The third-order valence-electron chi connectivity index (χ3n) is 4.29. The van der Waals surface area contributed by atoms with E-state index in [-0.39, 0.29) is 16.2 Å². The van der Waals surface area contributed by atoms with Gasteiger partial charge in [0.1, 0.15) is 10.6 Å². The van der Waals surface area contributed by atoms with Crippen LogP contribution in [-0.2, 0) is 19.6 Å². The first-order chi connectivity index (χ1) is 12.9. The minimum absolute atomic E-state index is 0.0495. The lowest BCUT2D eigenvalue weighted by atomic mass is 10.2. The Morgan fingerprint density at radius 1 is 1.15 bits per heavy atom. The number of carbonyl (C=O) groups excluding carboxylic acids is 2. The van der Waals surface area contributed by atoms with Crippen molar-refractivity contribution in [2.75, 3.05) is 33.4 Å². The van der Waals surface area contributed by atoms with Crippen molar-refractivity contribution in [3.8, 4) is 5.75 Å². The van der Waals surface area contributed by atoms with E-state index in [4.69, 9.17) is 9.47 Å². The van der Waals surface area contributed by atoms with Crippen LogP contribution in [0.1, 0.15) is 43.0 Å². The smallest absolute Gasteiger partial charge is 0.338 e. The zero-order valence-corrected chi connectivity index (χ0v) is 16.5. The van der Waals surface area contributed by atoms with Gasteiger partial charge in [-0.05, 0) is 38.0 Å². The fourth-order valence-electron chi connectivity index (χ4n) is 2.89. The predicted octanol–water partition coefficient (Wildman–Crippen LogP) is 1.55. The zero-order chi connectivity index (χ0) is 19.9. The number of hydrogen-bond acceptors (Lipinski definition) is 6. The molecule has 0 atom stereocenters. The van der Waals surface area contributed by atoms with E-state index in [1.807, 2.05) is 0 Å². The molecule has 0 radical (unpaired) electrons. The summed E-state index contributed by atoms with van der Waals surface area (Å²) in [6, 6.07) is 4.09. The van der Waals surface area contributed by atoms with E-state index in [1.54, 1.807) is 6.92 Å². The fraction of sp³-hybridized carbons (Fsp3) is 0.556. The van der Waals surface area contributed by atoms with Gasteiger partial charge in [-0.1, -0.05) is 12.8 Å². The molecule has 1 fully saturated rings. The Hall–Kier alpha value is -2.13. The first-order valence-corrected chi connectivity index (χ1v) is 10.5. The minimum atomic E-state index is -3.80. The number of esters is 1. The average Bonchev–Trinajstić information content (AvgIpc) is 2.96. The van der Waals surface area contributed by atoms with E-state index in [0.717, 1.165) is 25.7 Å². The lowest BCUT2D eigenvalue weighted by Gasteiger charge is -2.21. The largest absolute Gasteiger partial charge is 0.495 e. The SMILES string of the molecule is CCNC(=O)COC(=O)c1ccc(OC)c(S(=O)(=O)N2CCCCCC2)c1. The number of rotatable bonds is 7. The highest BCUT2D eigenvalue weighted by Crippen LogP contribution is 2.29. The lowest BCUT2D eigenvalue weighted by molar-refractivity contribution is -0.124. The van der Waals surface area contributed by atoms with Gasteiger partial charge in [0.05, 0.1) is 12.7 Å². The Morgan fingerprint density at radius 2 is 1.81 bits per heavy atom. The molecule has 1 aliphatic rings. The van der Waals surface area contributed by atoms with Crippen LogP contribution in [-0.4, -0.2) is 58.0 Å². The molecule has 2 rings (SSSR count). The molecule has 0 aliphatic carbocycles. The fourth-order valence-corrected chi connectivity index (χ4v) is 4.59. The maximum Gasteiger partial charge on any atom is 0.338 e. The quantitative estimate of drug-likeness (QED) is 0.699. The molecule has 0 saturated carbocycles. The Kier molecular flexibility index (Phi) is 7.61. The summed E-state index contributed by atoms with van der Waals surface area (Å²) in [5.74, 6) is -1.02. The topological polar surface area (TPSA) is 102 Å². The summed E-state index contributed by atoms with van der Waals surface area (Å²) in [5, 5.41) is 2.52. The monoisotopic (exact) mass is 398 g/mol. The normalized spacial score (nSPS) is 15.6. The summed E-state index contributed by atoms with van der Waals surface area (Å²) >= 11 is 0. The van der Waals surface area contributed by atoms with Crippen LogP contribution in [0.25, 0.3) is 0 Å². The Balaban J connectivity index is 2.26. The molecule has 0 bridgehead atoms. The van der Waals surface area contributed by atoms with Gasteiger partial charge in [-0.2, -0.15) is 4.31 Å². The molecule has 1 N–H and O–H groups in total. The lowest BCUT2D eigenvalue weighted by Crippen LogP contribution is -2.32. The summed E-state index contributed by atoms with van der Waals surface area (Å²) in [6.45, 7) is 2.64. The van der Waals surface area contributed by atoms with Crippen molar-refractivity contribution in [2.24, 2.45) is 0 Å². The van der Waals surface area contributed by atoms with Crippen molar-refractivity contribution in [1.82, 2.24) is 9.62 Å². The molecule has 1 aliphatic heterocycles. The molecule has 1 aromatic rings. The Labute approximate surface area is 159 Å². The first-order valence-electron chi connectivity index (χ1n) is 9.02. The maximum atomic E-state index is 13.1. The van der Waals surface area contributed by atoms with Crippen molar-refractivity contribution in [2.45, 2.75) is 37.5 Å². The number of hydrogen-bond donors (Lipinski definition) is 1. The Morgan fingerprint density at radius 3 is 2.41 bits per heavy atom. The number of benzene rings is 1. The van der Waals surface area contributed by atoms with Gasteiger partial charge in [0, 0.05) is 19.6 Å². The van der Waals surface area contributed by atoms with Crippen LogP contribution in [0.4, 0.5) is 0 Å². The molecule has 1 aromatic carbocycles. The van der Waals surface area contributed by atoms with Gasteiger partial charge in [0.2, 0.25) is 10.0 Å². The van der Waals surface area contributed by atoms with E-state index < -0.39 is 28.5 Å². The summed E-state index contributed by atoms with van der Waals surface area (Å²) < 4.78 is 37.7. The van der Waals surface area contributed by atoms with Crippen LogP contribution in [0.2, 0.25) is 0 Å². The number of sulfonamides is 1. The van der Waals surface area contributed by atoms with E-state index in [9.17, 15) is 18.0 Å². The maximum absolute atomic E-state index is 13.1. The summed E-state index contributed by atoms with van der Waals surface area (Å²) in [4.78, 5) is 23.6. The van der Waals surface area contributed by atoms with Crippen LogP contribution >= 0.6 is 0 Å².